The van der Waals surface area contributed by atoms with Gasteiger partial charge in [-0.1, -0.05) is 60.2 Å². The number of rotatable bonds is 7. The van der Waals surface area contributed by atoms with Crippen molar-refractivity contribution >= 4 is 15.9 Å². The first-order chi connectivity index (χ1) is 11.8. The van der Waals surface area contributed by atoms with E-state index >= 15 is 0 Å². The Morgan fingerprint density at radius 2 is 1.60 bits per heavy atom. The van der Waals surface area contributed by atoms with Crippen molar-refractivity contribution in [3.63, 3.8) is 0 Å². The van der Waals surface area contributed by atoms with E-state index in [4.69, 9.17) is 0 Å². The highest BCUT2D eigenvalue weighted by atomic mass is 32.2. The highest BCUT2D eigenvalue weighted by Gasteiger charge is 2.26. The Bertz CT molecular complexity index is 800. The van der Waals surface area contributed by atoms with Crippen molar-refractivity contribution in [2.24, 2.45) is 0 Å². The molecule has 25 heavy (non-hydrogen) atoms. The molecule has 0 aliphatic heterocycles. The molecule has 5 nitrogen and oxygen atoms in total. The zero-order valence-electron chi connectivity index (χ0n) is 14.7. The smallest absolute Gasteiger partial charge is 0.242 e. The van der Waals surface area contributed by atoms with Crippen molar-refractivity contribution < 1.29 is 13.2 Å². The molecule has 0 radical (unpaired) electrons. The molecule has 0 aliphatic carbocycles. The maximum atomic E-state index is 12.6. The predicted molar refractivity (Wildman–Crippen MR) is 99.4 cm³/mol. The quantitative estimate of drug-likeness (QED) is 0.797. The summed E-state index contributed by atoms with van der Waals surface area (Å²) in [6.45, 7) is 5.61. The Morgan fingerprint density at radius 3 is 2.16 bits per heavy atom. The second kappa shape index (κ2) is 8.27. The molecule has 6 heteroatoms. The third kappa shape index (κ3) is 5.99. The summed E-state index contributed by atoms with van der Waals surface area (Å²) < 4.78 is 27.7. The van der Waals surface area contributed by atoms with Crippen LogP contribution in [0.15, 0.2) is 54.6 Å². The molecule has 0 aliphatic rings. The number of sulfonamides is 1. The minimum atomic E-state index is -3.69. The number of benzene rings is 2. The van der Waals surface area contributed by atoms with E-state index in [0.717, 1.165) is 5.56 Å². The summed E-state index contributed by atoms with van der Waals surface area (Å²) in [6.07, 6.45) is 0. The zero-order chi connectivity index (χ0) is 18.4. The van der Waals surface area contributed by atoms with Crippen LogP contribution >= 0.6 is 0 Å². The Balaban J connectivity index is 2.22. The van der Waals surface area contributed by atoms with E-state index in [9.17, 15) is 13.2 Å². The van der Waals surface area contributed by atoms with Crippen molar-refractivity contribution in [2.45, 2.75) is 38.6 Å². The van der Waals surface area contributed by atoms with Crippen LogP contribution in [0.5, 0.6) is 0 Å². The van der Waals surface area contributed by atoms with Crippen LogP contribution in [0.4, 0.5) is 0 Å². The molecule has 0 unspecified atom stereocenters. The molecule has 0 bridgehead atoms. The molecule has 134 valence electrons. The Morgan fingerprint density at radius 1 is 1.00 bits per heavy atom. The van der Waals surface area contributed by atoms with Crippen LogP contribution in [0.25, 0.3) is 0 Å². The Kier molecular flexibility index (Phi) is 6.33. The summed E-state index contributed by atoms with van der Waals surface area (Å²) in [5.41, 5.74) is 2.34. The molecule has 2 aromatic carbocycles. The SMILES string of the molecule is Cc1ccc(CS(=O)(=O)N[C@H](C(=O)NC(C)C)c2ccccc2)cc1. The maximum Gasteiger partial charge on any atom is 0.242 e. The second-order valence-corrected chi connectivity index (χ2v) is 8.12. The summed E-state index contributed by atoms with van der Waals surface area (Å²) >= 11 is 0. The van der Waals surface area contributed by atoms with Gasteiger partial charge in [-0.2, -0.15) is 4.72 Å². The van der Waals surface area contributed by atoms with Crippen molar-refractivity contribution in [1.82, 2.24) is 10.0 Å². The van der Waals surface area contributed by atoms with Crippen molar-refractivity contribution in [3.05, 3.63) is 71.3 Å². The molecule has 0 fully saturated rings. The topological polar surface area (TPSA) is 75.3 Å². The summed E-state index contributed by atoms with van der Waals surface area (Å²) in [7, 11) is -3.69. The lowest BCUT2D eigenvalue weighted by atomic mass is 10.1. The highest BCUT2D eigenvalue weighted by Crippen LogP contribution is 2.16. The van der Waals surface area contributed by atoms with Crippen LogP contribution in [0.3, 0.4) is 0 Å². The first kappa shape index (κ1) is 19.1. The second-order valence-electron chi connectivity index (χ2n) is 6.37. The van der Waals surface area contributed by atoms with Gasteiger partial charge in [0, 0.05) is 6.04 Å². The fourth-order valence-corrected chi connectivity index (χ4v) is 3.73. The number of aryl methyl sites for hydroxylation is 1. The largest absolute Gasteiger partial charge is 0.352 e. The van der Waals surface area contributed by atoms with Gasteiger partial charge in [-0.15, -0.1) is 0 Å². The number of nitrogens with one attached hydrogen (secondary N) is 2. The van der Waals surface area contributed by atoms with Gasteiger partial charge < -0.3 is 5.32 Å². The summed E-state index contributed by atoms with van der Waals surface area (Å²) in [5.74, 6) is -0.542. The molecule has 2 aromatic rings. The standard InChI is InChI=1S/C19H24N2O3S/c1-14(2)20-19(22)18(17-7-5-4-6-8-17)21-25(23,24)13-16-11-9-15(3)10-12-16/h4-12,14,18,21H,13H2,1-3H3,(H,20,22)/t18-/m0/s1. The molecular weight excluding hydrogens is 336 g/mol. The third-order valence-corrected chi connectivity index (χ3v) is 4.91. The average molecular weight is 360 g/mol. The number of carbonyl (C=O) groups excluding carboxylic acids is 1. The van der Waals surface area contributed by atoms with Crippen LogP contribution in [0.2, 0.25) is 0 Å². The Hall–Kier alpha value is -2.18. The van der Waals surface area contributed by atoms with Crippen molar-refractivity contribution in [2.75, 3.05) is 0 Å². The number of amides is 1. The van der Waals surface area contributed by atoms with E-state index < -0.39 is 16.1 Å². The van der Waals surface area contributed by atoms with Gasteiger partial charge in [0.15, 0.2) is 0 Å². The molecule has 0 saturated heterocycles. The molecular formula is C19H24N2O3S. The summed E-state index contributed by atoms with van der Waals surface area (Å²) in [6, 6.07) is 15.1. The minimum absolute atomic E-state index is 0.0830. The molecule has 1 atom stereocenters. The first-order valence-electron chi connectivity index (χ1n) is 8.18. The van der Waals surface area contributed by atoms with Crippen LogP contribution < -0.4 is 10.0 Å². The number of hydrogen-bond donors (Lipinski definition) is 2. The van der Waals surface area contributed by atoms with Crippen molar-refractivity contribution in [1.29, 1.82) is 0 Å². The normalized spacial score (nSPS) is 12.8. The van der Waals surface area contributed by atoms with Gasteiger partial charge in [0.25, 0.3) is 0 Å². The van der Waals surface area contributed by atoms with E-state index in [1.807, 2.05) is 39.0 Å². The number of hydrogen-bond acceptors (Lipinski definition) is 3. The van der Waals surface area contributed by atoms with E-state index in [2.05, 4.69) is 10.0 Å². The monoisotopic (exact) mass is 360 g/mol. The van der Waals surface area contributed by atoms with Crippen LogP contribution in [0, 0.1) is 6.92 Å². The van der Waals surface area contributed by atoms with E-state index in [1.165, 1.54) is 0 Å². The minimum Gasteiger partial charge on any atom is -0.352 e. The lowest BCUT2D eigenvalue weighted by molar-refractivity contribution is -0.123. The fourth-order valence-electron chi connectivity index (χ4n) is 2.41. The average Bonchev–Trinajstić information content (AvgIpc) is 2.55. The van der Waals surface area contributed by atoms with Gasteiger partial charge in [-0.05, 0) is 31.9 Å². The zero-order valence-corrected chi connectivity index (χ0v) is 15.5. The number of carbonyl (C=O) groups is 1. The van der Waals surface area contributed by atoms with Crippen LogP contribution in [-0.2, 0) is 20.6 Å². The molecule has 0 spiro atoms. The van der Waals surface area contributed by atoms with Gasteiger partial charge in [0.1, 0.15) is 6.04 Å². The van der Waals surface area contributed by atoms with Crippen molar-refractivity contribution in [3.8, 4) is 0 Å². The van der Waals surface area contributed by atoms with Gasteiger partial charge in [0.2, 0.25) is 15.9 Å². The van der Waals surface area contributed by atoms with Gasteiger partial charge in [-0.3, -0.25) is 4.79 Å². The third-order valence-electron chi connectivity index (χ3n) is 3.60. The summed E-state index contributed by atoms with van der Waals surface area (Å²) in [5, 5.41) is 2.77. The molecule has 0 heterocycles. The lowest BCUT2D eigenvalue weighted by Gasteiger charge is -2.20. The van der Waals surface area contributed by atoms with Gasteiger partial charge in [-0.25, -0.2) is 8.42 Å². The van der Waals surface area contributed by atoms with Crippen LogP contribution in [0.1, 0.15) is 36.6 Å². The van der Waals surface area contributed by atoms with E-state index in [-0.39, 0.29) is 17.7 Å². The molecule has 1 amide bonds. The molecule has 2 rings (SSSR count). The van der Waals surface area contributed by atoms with Gasteiger partial charge in [0.05, 0.1) is 5.75 Å². The maximum absolute atomic E-state index is 12.6. The highest BCUT2D eigenvalue weighted by molar-refractivity contribution is 7.88. The fraction of sp³-hybridized carbons (Fsp3) is 0.316. The van der Waals surface area contributed by atoms with E-state index in [1.54, 1.807) is 36.4 Å². The van der Waals surface area contributed by atoms with Gasteiger partial charge >= 0.3 is 0 Å². The molecule has 0 aromatic heterocycles. The first-order valence-corrected chi connectivity index (χ1v) is 9.83. The summed E-state index contributed by atoms with van der Waals surface area (Å²) in [4.78, 5) is 12.5. The predicted octanol–water partition coefficient (Wildman–Crippen LogP) is 2.68. The lowest BCUT2D eigenvalue weighted by Crippen LogP contribution is -2.43. The van der Waals surface area contributed by atoms with E-state index in [0.29, 0.717) is 11.1 Å². The molecule has 2 N–H and O–H groups in total. The molecule has 0 saturated carbocycles. The Labute approximate surface area is 149 Å². The van der Waals surface area contributed by atoms with Crippen LogP contribution in [-0.4, -0.2) is 20.4 Å².